The van der Waals surface area contributed by atoms with E-state index >= 15 is 0 Å². The Bertz CT molecular complexity index is 551. The van der Waals surface area contributed by atoms with Crippen LogP contribution in [0.2, 0.25) is 0 Å². The average molecular weight is 272 g/mol. The van der Waals surface area contributed by atoms with Gasteiger partial charge in [0.05, 0.1) is 17.3 Å². The summed E-state index contributed by atoms with van der Waals surface area (Å²) in [6, 6.07) is 7.68. The van der Waals surface area contributed by atoms with Crippen molar-refractivity contribution in [2.75, 3.05) is 23.4 Å². The van der Waals surface area contributed by atoms with E-state index < -0.39 is 0 Å². The number of carbonyl (C=O) groups excluding carboxylic acids is 2. The molecule has 1 aliphatic carbocycles. The van der Waals surface area contributed by atoms with Crippen LogP contribution in [0.3, 0.4) is 0 Å². The van der Waals surface area contributed by atoms with E-state index in [1.54, 1.807) is 11.9 Å². The molecule has 1 atom stereocenters. The van der Waals surface area contributed by atoms with E-state index in [0.717, 1.165) is 30.6 Å². The minimum atomic E-state index is -0.170. The van der Waals surface area contributed by atoms with Crippen LogP contribution in [0, 0.1) is 11.8 Å². The maximum Gasteiger partial charge on any atom is 0.231 e. The minimum Gasteiger partial charge on any atom is -0.313 e. The SMILES string of the molecule is CC1CN(C(=O)C2CCC2)c2ccccc2N(C)C1=O. The quantitative estimate of drug-likeness (QED) is 0.788. The van der Waals surface area contributed by atoms with Gasteiger partial charge in [-0.05, 0) is 25.0 Å². The Hall–Kier alpha value is -1.84. The van der Waals surface area contributed by atoms with Crippen molar-refractivity contribution in [1.29, 1.82) is 0 Å². The molecule has 20 heavy (non-hydrogen) atoms. The van der Waals surface area contributed by atoms with Gasteiger partial charge in [0, 0.05) is 19.5 Å². The van der Waals surface area contributed by atoms with Crippen LogP contribution in [0.15, 0.2) is 24.3 Å². The fourth-order valence-corrected chi connectivity index (χ4v) is 2.96. The van der Waals surface area contributed by atoms with Crippen molar-refractivity contribution in [3.63, 3.8) is 0 Å². The summed E-state index contributed by atoms with van der Waals surface area (Å²) in [5.74, 6) is 0.227. The van der Waals surface area contributed by atoms with Crippen molar-refractivity contribution in [1.82, 2.24) is 0 Å². The van der Waals surface area contributed by atoms with Crippen LogP contribution in [0.1, 0.15) is 26.2 Å². The third kappa shape index (κ3) is 1.99. The van der Waals surface area contributed by atoms with Gasteiger partial charge in [-0.3, -0.25) is 9.59 Å². The Morgan fingerprint density at radius 1 is 1.20 bits per heavy atom. The van der Waals surface area contributed by atoms with Gasteiger partial charge in [-0.2, -0.15) is 0 Å². The fourth-order valence-electron chi connectivity index (χ4n) is 2.96. The minimum absolute atomic E-state index is 0.0707. The van der Waals surface area contributed by atoms with Crippen LogP contribution in [-0.4, -0.2) is 25.4 Å². The van der Waals surface area contributed by atoms with E-state index in [0.29, 0.717) is 6.54 Å². The summed E-state index contributed by atoms with van der Waals surface area (Å²) in [7, 11) is 1.79. The molecule has 1 aliphatic heterocycles. The van der Waals surface area contributed by atoms with Crippen molar-refractivity contribution in [3.8, 4) is 0 Å². The highest BCUT2D eigenvalue weighted by Gasteiger charge is 2.36. The molecule has 2 amide bonds. The second-order valence-corrected chi connectivity index (χ2v) is 5.86. The molecular formula is C16H20N2O2. The Balaban J connectivity index is 2.02. The number of hydrogen-bond acceptors (Lipinski definition) is 2. The van der Waals surface area contributed by atoms with Crippen LogP contribution >= 0.6 is 0 Å². The number of para-hydroxylation sites is 2. The second-order valence-electron chi connectivity index (χ2n) is 5.86. The molecule has 2 aliphatic rings. The highest BCUT2D eigenvalue weighted by atomic mass is 16.2. The maximum atomic E-state index is 12.7. The molecule has 106 valence electrons. The summed E-state index contributed by atoms with van der Waals surface area (Å²) >= 11 is 0. The largest absolute Gasteiger partial charge is 0.313 e. The maximum absolute atomic E-state index is 12.7. The molecule has 3 rings (SSSR count). The molecule has 1 unspecified atom stereocenters. The summed E-state index contributed by atoms with van der Waals surface area (Å²) in [6.07, 6.45) is 3.10. The summed E-state index contributed by atoms with van der Waals surface area (Å²) < 4.78 is 0. The highest BCUT2D eigenvalue weighted by molar-refractivity contribution is 6.06. The lowest BCUT2D eigenvalue weighted by Gasteiger charge is -2.32. The molecular weight excluding hydrogens is 252 g/mol. The normalized spacial score (nSPS) is 23.1. The lowest BCUT2D eigenvalue weighted by molar-refractivity contribution is -0.125. The van der Waals surface area contributed by atoms with Crippen LogP contribution < -0.4 is 9.80 Å². The zero-order valence-electron chi connectivity index (χ0n) is 12.0. The number of benzene rings is 1. The van der Waals surface area contributed by atoms with Crippen molar-refractivity contribution >= 4 is 23.2 Å². The van der Waals surface area contributed by atoms with Crippen LogP contribution in [0.25, 0.3) is 0 Å². The molecule has 0 bridgehead atoms. The van der Waals surface area contributed by atoms with Crippen molar-refractivity contribution < 1.29 is 9.59 Å². The number of amides is 2. The summed E-state index contributed by atoms with van der Waals surface area (Å²) in [5, 5.41) is 0. The number of rotatable bonds is 1. The topological polar surface area (TPSA) is 40.6 Å². The zero-order chi connectivity index (χ0) is 14.3. The summed E-state index contributed by atoms with van der Waals surface area (Å²) in [4.78, 5) is 28.5. The van der Waals surface area contributed by atoms with Crippen molar-refractivity contribution in [2.45, 2.75) is 26.2 Å². The molecule has 0 aromatic heterocycles. The zero-order valence-corrected chi connectivity index (χ0v) is 12.0. The number of hydrogen-bond donors (Lipinski definition) is 0. The molecule has 4 nitrogen and oxygen atoms in total. The first kappa shape index (κ1) is 13.2. The number of carbonyl (C=O) groups is 2. The van der Waals surface area contributed by atoms with Gasteiger partial charge in [-0.1, -0.05) is 25.5 Å². The van der Waals surface area contributed by atoms with Crippen LogP contribution in [-0.2, 0) is 9.59 Å². The van der Waals surface area contributed by atoms with Gasteiger partial charge in [-0.25, -0.2) is 0 Å². The van der Waals surface area contributed by atoms with Crippen LogP contribution in [0.5, 0.6) is 0 Å². The standard InChI is InChI=1S/C16H20N2O2/c1-11-10-18(16(20)12-6-5-7-12)14-9-4-3-8-13(14)17(2)15(11)19/h3-4,8-9,11-12H,5-7,10H2,1-2H3. The van der Waals surface area contributed by atoms with Gasteiger partial charge in [0.15, 0.2) is 0 Å². The third-order valence-corrected chi connectivity index (χ3v) is 4.46. The molecule has 1 aromatic carbocycles. The number of anilines is 2. The van der Waals surface area contributed by atoms with Crippen molar-refractivity contribution in [2.24, 2.45) is 11.8 Å². The van der Waals surface area contributed by atoms with E-state index in [9.17, 15) is 9.59 Å². The van der Waals surface area contributed by atoms with E-state index in [4.69, 9.17) is 0 Å². The van der Waals surface area contributed by atoms with E-state index in [-0.39, 0.29) is 23.7 Å². The van der Waals surface area contributed by atoms with Gasteiger partial charge >= 0.3 is 0 Å². The van der Waals surface area contributed by atoms with E-state index in [1.165, 1.54) is 0 Å². The number of nitrogens with zero attached hydrogens (tertiary/aromatic N) is 2. The molecule has 0 N–H and O–H groups in total. The molecule has 1 saturated carbocycles. The lowest BCUT2D eigenvalue weighted by Crippen LogP contribution is -2.42. The molecule has 0 radical (unpaired) electrons. The molecule has 4 heteroatoms. The molecule has 1 aromatic rings. The average Bonchev–Trinajstić information content (AvgIpc) is 2.48. The smallest absolute Gasteiger partial charge is 0.231 e. The first-order valence-electron chi connectivity index (χ1n) is 7.27. The first-order valence-corrected chi connectivity index (χ1v) is 7.27. The van der Waals surface area contributed by atoms with Gasteiger partial charge in [-0.15, -0.1) is 0 Å². The van der Waals surface area contributed by atoms with Crippen molar-refractivity contribution in [3.05, 3.63) is 24.3 Å². The van der Waals surface area contributed by atoms with Gasteiger partial charge in [0.2, 0.25) is 11.8 Å². The highest BCUT2D eigenvalue weighted by Crippen LogP contribution is 2.36. The van der Waals surface area contributed by atoms with E-state index in [1.807, 2.05) is 36.1 Å². The summed E-state index contributed by atoms with van der Waals surface area (Å²) in [6.45, 7) is 2.38. The fraction of sp³-hybridized carbons (Fsp3) is 0.500. The molecule has 0 saturated heterocycles. The third-order valence-electron chi connectivity index (χ3n) is 4.46. The first-order chi connectivity index (χ1) is 9.59. The predicted molar refractivity (Wildman–Crippen MR) is 78.7 cm³/mol. The second kappa shape index (κ2) is 4.93. The van der Waals surface area contributed by atoms with Gasteiger partial charge < -0.3 is 9.80 Å². The van der Waals surface area contributed by atoms with Crippen LogP contribution in [0.4, 0.5) is 11.4 Å². The lowest BCUT2D eigenvalue weighted by atomic mass is 9.84. The summed E-state index contributed by atoms with van der Waals surface area (Å²) in [5.41, 5.74) is 1.69. The van der Waals surface area contributed by atoms with Gasteiger partial charge in [0.25, 0.3) is 0 Å². The van der Waals surface area contributed by atoms with Gasteiger partial charge in [0.1, 0.15) is 0 Å². The molecule has 1 fully saturated rings. The Kier molecular flexibility index (Phi) is 3.24. The molecule has 1 heterocycles. The molecule has 0 spiro atoms. The predicted octanol–water partition coefficient (Wildman–Crippen LogP) is 2.43. The Morgan fingerprint density at radius 3 is 2.45 bits per heavy atom. The number of fused-ring (bicyclic) bond motifs is 1. The van der Waals surface area contributed by atoms with E-state index in [2.05, 4.69) is 0 Å². The Morgan fingerprint density at radius 2 is 1.85 bits per heavy atom. The monoisotopic (exact) mass is 272 g/mol. The Labute approximate surface area is 119 Å².